The van der Waals surface area contributed by atoms with Gasteiger partial charge in [-0.1, -0.05) is 105 Å². The van der Waals surface area contributed by atoms with Crippen LogP contribution in [0.2, 0.25) is 0 Å². The van der Waals surface area contributed by atoms with Crippen LogP contribution in [0.4, 0.5) is 17.6 Å². The predicted molar refractivity (Wildman–Crippen MR) is 560 cm³/mol. The lowest BCUT2D eigenvalue weighted by molar-refractivity contribution is 0.0609. The fourth-order valence-electron chi connectivity index (χ4n) is 21.3. The second kappa shape index (κ2) is 49.1. The molecule has 15 aromatic rings. The molecule has 772 valence electrons. The molecule has 0 atom stereocenters. The number of amides is 4. The first-order valence-corrected chi connectivity index (χ1v) is 51.9. The maximum atomic E-state index is 14.0. The van der Waals surface area contributed by atoms with E-state index in [-0.39, 0.29) is 98.3 Å². The number of carbonyl (C=O) groups excluding carboxylic acids is 4. The number of aliphatic hydroxyl groups is 3. The van der Waals surface area contributed by atoms with Crippen molar-refractivity contribution in [1.29, 1.82) is 0 Å². The van der Waals surface area contributed by atoms with Crippen molar-refractivity contribution >= 4 is 67.8 Å². The Hall–Kier alpha value is -14.1. The molecule has 4 aromatic heterocycles. The molecule has 0 radical (unpaired) electrons. The van der Waals surface area contributed by atoms with Gasteiger partial charge in [0.1, 0.15) is 77.8 Å². The summed E-state index contributed by atoms with van der Waals surface area (Å²) in [5.74, 6) is 7.30. The maximum Gasteiger partial charge on any atom is 0.253 e. The first kappa shape index (κ1) is 104. The fraction of sp³-hybridized carbons (Fsp3) is 0.378. The second-order valence-electron chi connectivity index (χ2n) is 39.9. The zero-order valence-corrected chi connectivity index (χ0v) is 84.5. The van der Waals surface area contributed by atoms with Gasteiger partial charge in [-0.2, -0.15) is 0 Å². The van der Waals surface area contributed by atoms with Crippen molar-refractivity contribution in [3.8, 4) is 23.0 Å². The molecule has 9 heterocycles. The Kier molecular flexibility index (Phi) is 34.5. The lowest BCUT2D eigenvalue weighted by atomic mass is 9.85. The minimum absolute atomic E-state index is 0.0391. The summed E-state index contributed by atoms with van der Waals surface area (Å²) in [5.41, 5.74) is 14.4. The molecule has 6 fully saturated rings. The zero-order valence-electron chi connectivity index (χ0n) is 84.5. The van der Waals surface area contributed by atoms with Crippen LogP contribution in [0, 0.1) is 41.0 Å². The van der Waals surface area contributed by atoms with E-state index in [1.807, 2.05) is 51.1 Å². The summed E-state index contributed by atoms with van der Waals surface area (Å²) in [6.45, 7) is 15.3. The highest BCUT2D eigenvalue weighted by Gasteiger charge is 2.36. The van der Waals surface area contributed by atoms with E-state index in [0.717, 1.165) is 160 Å². The van der Waals surface area contributed by atoms with E-state index in [1.165, 1.54) is 91.5 Å². The SMILES string of the molecule is CC(C)Cn1c(C2CCN(C(=O)c3ccc(OCc4cccc(F)c4)c(CO)c3)CC2)nc2ccccc21.COCCn1c(C2CCN(C(=O)c3ccc(OC)c(F)c3)CC2)nc2ccccc21.O=C(c1ccc(OCc2cccc(F)c2)c(CO)c1)N1CCC(c2nc3ccccc3n2CC2CCC2)CC1.O=C(c1ccc(OCc2cccc(F)c2)c(CO)c1)N1CCC(c2nc3ccccc3n2CC2CCOCC2)CC1. The van der Waals surface area contributed by atoms with E-state index in [9.17, 15) is 52.1 Å². The average Bonchev–Trinajstić information content (AvgIpc) is 1.64. The average molecular weight is 2010 g/mol. The summed E-state index contributed by atoms with van der Waals surface area (Å²) >= 11 is 0. The van der Waals surface area contributed by atoms with Crippen LogP contribution in [0.3, 0.4) is 0 Å². The number of aliphatic hydroxyl groups excluding tert-OH is 3. The highest BCUT2D eigenvalue weighted by atomic mass is 19.1. The number of aromatic nitrogens is 8. The number of imidazole rings is 4. The molecule has 0 bridgehead atoms. The smallest absolute Gasteiger partial charge is 0.253 e. The number of halogens is 4. The zero-order chi connectivity index (χ0) is 103. The number of nitrogens with zero attached hydrogens (tertiary/aromatic N) is 12. The van der Waals surface area contributed by atoms with Gasteiger partial charge in [-0.3, -0.25) is 19.2 Å². The van der Waals surface area contributed by atoms with Gasteiger partial charge in [0.15, 0.2) is 11.6 Å². The summed E-state index contributed by atoms with van der Waals surface area (Å²) in [6, 6.07) is 71.6. The van der Waals surface area contributed by atoms with Crippen LogP contribution in [0.1, 0.15) is 219 Å². The van der Waals surface area contributed by atoms with Gasteiger partial charge < -0.3 is 81.6 Å². The highest BCUT2D eigenvalue weighted by Crippen LogP contribution is 2.41. The normalized spacial score (nSPS) is 15.7. The van der Waals surface area contributed by atoms with Crippen molar-refractivity contribution in [2.24, 2.45) is 17.8 Å². The van der Waals surface area contributed by atoms with E-state index in [0.29, 0.717) is 156 Å². The van der Waals surface area contributed by atoms with Crippen LogP contribution < -0.4 is 18.9 Å². The van der Waals surface area contributed by atoms with Gasteiger partial charge in [-0.05, 0) is 269 Å². The first-order chi connectivity index (χ1) is 72.2. The summed E-state index contributed by atoms with van der Waals surface area (Å²) < 4.78 is 97.2. The molecule has 11 aromatic carbocycles. The van der Waals surface area contributed by atoms with Gasteiger partial charge in [0.2, 0.25) is 0 Å². The lowest BCUT2D eigenvalue weighted by Crippen LogP contribution is -2.38. The topological polar surface area (TPSA) is 269 Å². The Morgan fingerprint density at radius 1 is 0.358 bits per heavy atom. The number of carbonyl (C=O) groups is 4. The summed E-state index contributed by atoms with van der Waals surface area (Å²) in [5, 5.41) is 29.8. The van der Waals surface area contributed by atoms with Crippen molar-refractivity contribution in [3.63, 3.8) is 0 Å². The minimum Gasteiger partial charge on any atom is -0.494 e. The minimum atomic E-state index is -0.523. The highest BCUT2D eigenvalue weighted by molar-refractivity contribution is 5.97. The fourth-order valence-corrected chi connectivity index (χ4v) is 21.3. The van der Waals surface area contributed by atoms with Gasteiger partial charge in [0, 0.05) is 161 Å². The predicted octanol–water partition coefficient (Wildman–Crippen LogP) is 21.5. The van der Waals surface area contributed by atoms with Gasteiger partial charge in [-0.25, -0.2) is 37.5 Å². The number of hydrogen-bond donors (Lipinski definition) is 3. The molecule has 6 aliphatic rings. The van der Waals surface area contributed by atoms with Gasteiger partial charge >= 0.3 is 0 Å². The van der Waals surface area contributed by atoms with Crippen molar-refractivity contribution < 1.29 is 80.5 Å². The molecule has 4 amide bonds. The first-order valence-electron chi connectivity index (χ1n) is 51.9. The van der Waals surface area contributed by atoms with Crippen LogP contribution in [0.15, 0.2) is 243 Å². The number of para-hydroxylation sites is 8. The molecule has 25 nitrogen and oxygen atoms in total. The Morgan fingerprint density at radius 2 is 0.669 bits per heavy atom. The van der Waals surface area contributed by atoms with E-state index >= 15 is 0 Å². The van der Waals surface area contributed by atoms with Crippen LogP contribution in [0.5, 0.6) is 23.0 Å². The van der Waals surface area contributed by atoms with Crippen LogP contribution >= 0.6 is 0 Å². The molecule has 5 saturated heterocycles. The Bertz CT molecular complexity index is 7100. The Balaban J connectivity index is 0.000000130. The molecule has 0 unspecified atom stereocenters. The lowest BCUT2D eigenvalue weighted by Gasteiger charge is -2.33. The molecule has 5 aliphatic heterocycles. The molecule has 29 heteroatoms. The number of benzene rings is 11. The third-order valence-electron chi connectivity index (χ3n) is 29.5. The molecular weight excluding hydrogens is 1880 g/mol. The molecule has 0 spiro atoms. The molecule has 21 rings (SSSR count). The van der Waals surface area contributed by atoms with Gasteiger partial charge in [0.25, 0.3) is 23.6 Å². The molecule has 1 aliphatic carbocycles. The number of rotatable bonds is 30. The monoisotopic (exact) mass is 2010 g/mol. The standard InChI is InChI=1S/C33H36FN3O4.C32H34FN3O3.C31H34FN3O3.C23H26FN3O3/c34-28-5-3-4-24(18-28)22-41-31-9-8-26(19-27(31)21-38)33(39)36-14-10-25(11-15-36)32-35-29-6-1-2-7-30(29)37(32)20-23-12-16-40-17-13-23;33-27-8-4-7-23(17-27)21-39-30-12-11-25(18-26(30)20-37)32(38)35-15-13-24(14-16-35)31-34-28-9-1-2-10-29(28)36(31)19-22-5-3-6-22;1-21(2)18-35-28-9-4-3-8-27(28)33-30(35)23-12-14-34(15-13-23)31(37)24-10-11-29(25(17-24)19-36)38-20-22-6-5-7-26(32)16-22;1-29-14-13-27-20-6-4-3-5-19(20)25-22(27)16-9-11-26(12-10-16)23(28)17-7-8-21(30-2)18(24)15-17/h1-9,18-19,23,25,38H,10-17,20-22H2;1-2,4,7-12,17-18,22,24,37H,3,5-6,13-16,19-21H2;3-11,16-17,21,23,36H,12-15,18-20H2,1-2H3;3-8,15-16H,9-14H2,1-2H3. The number of hydrogen-bond acceptors (Lipinski definition) is 17. The van der Waals surface area contributed by atoms with Crippen molar-refractivity contribution in [1.82, 2.24) is 57.8 Å². The van der Waals surface area contributed by atoms with Crippen LogP contribution in [-0.4, -0.2) is 183 Å². The van der Waals surface area contributed by atoms with Crippen molar-refractivity contribution in [2.45, 2.75) is 187 Å². The summed E-state index contributed by atoms with van der Waals surface area (Å²) in [6.07, 6.45) is 12.9. The van der Waals surface area contributed by atoms with Crippen LogP contribution in [0.25, 0.3) is 44.1 Å². The summed E-state index contributed by atoms with van der Waals surface area (Å²) in [7, 11) is 3.11. The van der Waals surface area contributed by atoms with E-state index in [4.69, 9.17) is 48.4 Å². The van der Waals surface area contributed by atoms with E-state index in [1.54, 1.807) is 109 Å². The van der Waals surface area contributed by atoms with Gasteiger partial charge in [-0.15, -0.1) is 0 Å². The summed E-state index contributed by atoms with van der Waals surface area (Å²) in [4.78, 5) is 80.5. The quantitative estimate of drug-likeness (QED) is 0.0353. The molecule has 1 saturated carbocycles. The molecular formula is C119H130F4N12O13. The van der Waals surface area contributed by atoms with Gasteiger partial charge in [0.05, 0.1) is 77.7 Å². The number of likely N-dealkylation sites (tertiary alicyclic amines) is 4. The Labute approximate surface area is 860 Å². The number of fused-ring (bicyclic) bond motifs is 4. The third kappa shape index (κ3) is 25.0. The van der Waals surface area contributed by atoms with E-state index < -0.39 is 5.82 Å². The van der Waals surface area contributed by atoms with E-state index in [2.05, 4.69) is 92.8 Å². The number of methoxy groups -OCH3 is 2. The number of piperidine rings is 4. The van der Waals surface area contributed by atoms with Crippen LogP contribution in [-0.2, 0) is 75.3 Å². The maximum absolute atomic E-state index is 14.0. The number of ether oxygens (including phenoxy) is 6. The second-order valence-corrected chi connectivity index (χ2v) is 39.9. The largest absolute Gasteiger partial charge is 0.494 e. The third-order valence-corrected chi connectivity index (χ3v) is 29.5. The Morgan fingerprint density at radius 3 is 0.980 bits per heavy atom. The molecule has 148 heavy (non-hydrogen) atoms. The van der Waals surface area contributed by atoms with Crippen molar-refractivity contribution in [2.75, 3.05) is 86.4 Å². The molecule has 3 N–H and O–H groups in total. The van der Waals surface area contributed by atoms with Crippen molar-refractivity contribution in [3.05, 3.63) is 345 Å².